The number of halogens is 2. The van der Waals surface area contributed by atoms with Crippen molar-refractivity contribution in [2.45, 2.75) is 6.04 Å². The van der Waals surface area contributed by atoms with Gasteiger partial charge in [-0.25, -0.2) is 0 Å². The third-order valence-corrected chi connectivity index (χ3v) is 4.05. The fraction of sp³-hybridized carbons (Fsp3) is 0.200. The molecule has 2 aromatic carbocycles. The summed E-state index contributed by atoms with van der Waals surface area (Å²) in [4.78, 5) is 0. The molecule has 0 aliphatic rings. The van der Waals surface area contributed by atoms with Gasteiger partial charge in [0.05, 0.1) is 20.3 Å². The monoisotopic (exact) mass is 355 g/mol. The van der Waals surface area contributed by atoms with Gasteiger partial charge in [0.1, 0.15) is 16.0 Å². The van der Waals surface area contributed by atoms with Gasteiger partial charge in [-0.2, -0.15) is 0 Å². The number of benzene rings is 2. The summed E-state index contributed by atoms with van der Waals surface area (Å²) in [6.45, 7) is 0. The molecule has 0 aliphatic carbocycles. The van der Waals surface area contributed by atoms with Gasteiger partial charge in [0, 0.05) is 10.6 Å². The van der Waals surface area contributed by atoms with Crippen molar-refractivity contribution in [3.05, 3.63) is 57.0 Å². The number of ether oxygens (including phenoxy) is 2. The first-order valence-corrected chi connectivity index (χ1v) is 7.17. The maximum Gasteiger partial charge on any atom is 0.141 e. The van der Waals surface area contributed by atoms with E-state index in [1.807, 2.05) is 36.4 Å². The lowest BCUT2D eigenvalue weighted by molar-refractivity contribution is 0.385. The van der Waals surface area contributed by atoms with Gasteiger partial charge in [0.2, 0.25) is 0 Å². The summed E-state index contributed by atoms with van der Waals surface area (Å²) in [5.41, 5.74) is 8.11. The van der Waals surface area contributed by atoms with Crippen molar-refractivity contribution in [1.29, 1.82) is 0 Å². The molecular weight excluding hydrogens is 342 g/mol. The van der Waals surface area contributed by atoms with Crippen LogP contribution in [0.2, 0.25) is 5.02 Å². The van der Waals surface area contributed by atoms with Crippen LogP contribution in [0.5, 0.6) is 11.5 Å². The Bertz CT molecular complexity index is 619. The predicted molar refractivity (Wildman–Crippen MR) is 84.7 cm³/mol. The van der Waals surface area contributed by atoms with Gasteiger partial charge in [-0.3, -0.25) is 0 Å². The van der Waals surface area contributed by atoms with Crippen LogP contribution in [-0.2, 0) is 0 Å². The zero-order valence-corrected chi connectivity index (χ0v) is 13.5. The number of nitrogens with two attached hydrogens (primary N) is 1. The zero-order valence-electron chi connectivity index (χ0n) is 11.2. The topological polar surface area (TPSA) is 44.5 Å². The quantitative estimate of drug-likeness (QED) is 0.894. The second-order valence-electron chi connectivity index (χ2n) is 4.24. The maximum absolute atomic E-state index is 6.32. The molecule has 1 atom stereocenters. The van der Waals surface area contributed by atoms with Crippen LogP contribution in [0.1, 0.15) is 17.2 Å². The Morgan fingerprint density at radius 3 is 2.50 bits per heavy atom. The normalized spacial score (nSPS) is 12.1. The highest BCUT2D eigenvalue weighted by atomic mass is 79.9. The van der Waals surface area contributed by atoms with Gasteiger partial charge in [0.25, 0.3) is 0 Å². The van der Waals surface area contributed by atoms with Gasteiger partial charge in [-0.1, -0.05) is 23.7 Å². The van der Waals surface area contributed by atoms with E-state index in [0.29, 0.717) is 16.5 Å². The molecule has 3 nitrogen and oxygen atoms in total. The van der Waals surface area contributed by atoms with E-state index in [0.717, 1.165) is 15.6 Å². The van der Waals surface area contributed by atoms with E-state index in [9.17, 15) is 0 Å². The summed E-state index contributed by atoms with van der Waals surface area (Å²) >= 11 is 9.49. The van der Waals surface area contributed by atoms with Crippen LogP contribution in [0.4, 0.5) is 0 Å². The highest BCUT2D eigenvalue weighted by molar-refractivity contribution is 9.10. The van der Waals surface area contributed by atoms with Crippen molar-refractivity contribution in [1.82, 2.24) is 0 Å². The third kappa shape index (κ3) is 2.92. The molecule has 0 fully saturated rings. The standard InChI is InChI=1S/C15H15BrClNO2/c1-19-12-7-6-11(15(20-2)13(12)16)14(18)9-4-3-5-10(17)8-9/h3-8,14H,18H2,1-2H3. The van der Waals surface area contributed by atoms with Crippen LogP contribution in [-0.4, -0.2) is 14.2 Å². The van der Waals surface area contributed by atoms with E-state index >= 15 is 0 Å². The average Bonchev–Trinajstić information content (AvgIpc) is 2.46. The molecule has 1 unspecified atom stereocenters. The minimum absolute atomic E-state index is 0.328. The molecule has 0 aliphatic heterocycles. The summed E-state index contributed by atoms with van der Waals surface area (Å²) < 4.78 is 11.5. The largest absolute Gasteiger partial charge is 0.495 e. The SMILES string of the molecule is COc1ccc(C(N)c2cccc(Cl)c2)c(OC)c1Br. The van der Waals surface area contributed by atoms with Gasteiger partial charge >= 0.3 is 0 Å². The van der Waals surface area contributed by atoms with Crippen molar-refractivity contribution in [2.75, 3.05) is 14.2 Å². The lowest BCUT2D eigenvalue weighted by Gasteiger charge is -2.19. The van der Waals surface area contributed by atoms with Crippen molar-refractivity contribution >= 4 is 27.5 Å². The molecule has 0 saturated heterocycles. The van der Waals surface area contributed by atoms with E-state index in [1.165, 1.54) is 0 Å². The molecule has 20 heavy (non-hydrogen) atoms. The van der Waals surface area contributed by atoms with Crippen LogP contribution in [0, 0.1) is 0 Å². The molecule has 0 radical (unpaired) electrons. The average molecular weight is 357 g/mol. The van der Waals surface area contributed by atoms with Crippen molar-refractivity contribution in [2.24, 2.45) is 5.73 Å². The number of methoxy groups -OCH3 is 2. The summed E-state index contributed by atoms with van der Waals surface area (Å²) in [5.74, 6) is 1.36. The van der Waals surface area contributed by atoms with Crippen molar-refractivity contribution in [3.8, 4) is 11.5 Å². The number of rotatable bonds is 4. The Morgan fingerprint density at radius 2 is 1.90 bits per heavy atom. The Kier molecular flexibility index (Phi) is 4.91. The minimum atomic E-state index is -0.328. The third-order valence-electron chi connectivity index (χ3n) is 3.06. The van der Waals surface area contributed by atoms with Gasteiger partial charge in [0.15, 0.2) is 0 Å². The van der Waals surface area contributed by atoms with E-state index in [2.05, 4.69) is 15.9 Å². The van der Waals surface area contributed by atoms with E-state index in [1.54, 1.807) is 14.2 Å². The molecule has 0 heterocycles. The molecule has 0 bridgehead atoms. The Labute approximate surface area is 131 Å². The molecular formula is C15H15BrClNO2. The van der Waals surface area contributed by atoms with E-state index in [-0.39, 0.29) is 6.04 Å². The Hall–Kier alpha value is -1.23. The van der Waals surface area contributed by atoms with E-state index in [4.69, 9.17) is 26.8 Å². The molecule has 0 aromatic heterocycles. The molecule has 0 spiro atoms. The Balaban J connectivity index is 2.49. The fourth-order valence-electron chi connectivity index (χ4n) is 2.04. The highest BCUT2D eigenvalue weighted by Gasteiger charge is 2.19. The van der Waals surface area contributed by atoms with Gasteiger partial charge in [-0.05, 0) is 45.8 Å². The molecule has 106 valence electrons. The van der Waals surface area contributed by atoms with Crippen LogP contribution in [0.15, 0.2) is 40.9 Å². The van der Waals surface area contributed by atoms with Gasteiger partial charge in [-0.15, -0.1) is 0 Å². The first-order chi connectivity index (χ1) is 9.58. The molecule has 2 aromatic rings. The molecule has 2 N–H and O–H groups in total. The summed E-state index contributed by atoms with van der Waals surface area (Å²) in [5, 5.41) is 0.657. The number of hydrogen-bond acceptors (Lipinski definition) is 3. The lowest BCUT2D eigenvalue weighted by atomic mass is 9.98. The maximum atomic E-state index is 6.32. The van der Waals surface area contributed by atoms with Crippen LogP contribution in [0.3, 0.4) is 0 Å². The summed E-state index contributed by atoms with van der Waals surface area (Å²) in [6.07, 6.45) is 0. The van der Waals surface area contributed by atoms with Crippen LogP contribution < -0.4 is 15.2 Å². The van der Waals surface area contributed by atoms with Crippen LogP contribution >= 0.6 is 27.5 Å². The second kappa shape index (κ2) is 6.48. The first-order valence-electron chi connectivity index (χ1n) is 6.00. The molecule has 5 heteroatoms. The summed E-state index contributed by atoms with van der Waals surface area (Å²) in [6, 6.07) is 10.9. The van der Waals surface area contributed by atoms with Crippen LogP contribution in [0.25, 0.3) is 0 Å². The fourth-order valence-corrected chi connectivity index (χ4v) is 2.93. The molecule has 0 amide bonds. The highest BCUT2D eigenvalue weighted by Crippen LogP contribution is 2.40. The predicted octanol–water partition coefficient (Wildman–Crippen LogP) is 4.17. The molecule has 2 rings (SSSR count). The van der Waals surface area contributed by atoms with Crippen molar-refractivity contribution < 1.29 is 9.47 Å². The minimum Gasteiger partial charge on any atom is -0.495 e. The van der Waals surface area contributed by atoms with Crippen molar-refractivity contribution in [3.63, 3.8) is 0 Å². The number of hydrogen-bond donors (Lipinski definition) is 1. The smallest absolute Gasteiger partial charge is 0.141 e. The summed E-state index contributed by atoms with van der Waals surface area (Å²) in [7, 11) is 3.21. The zero-order chi connectivity index (χ0) is 14.7. The second-order valence-corrected chi connectivity index (χ2v) is 5.47. The Morgan fingerprint density at radius 1 is 1.15 bits per heavy atom. The lowest BCUT2D eigenvalue weighted by Crippen LogP contribution is -2.13. The first kappa shape index (κ1) is 15.2. The van der Waals surface area contributed by atoms with Gasteiger partial charge < -0.3 is 15.2 Å². The molecule has 0 saturated carbocycles. The van der Waals surface area contributed by atoms with E-state index < -0.39 is 0 Å².